The third-order valence-electron chi connectivity index (χ3n) is 2.97. The van der Waals surface area contributed by atoms with E-state index in [1.165, 1.54) is 0 Å². The van der Waals surface area contributed by atoms with Gasteiger partial charge in [-0.1, -0.05) is 6.92 Å². The van der Waals surface area contributed by atoms with Crippen LogP contribution in [0.1, 0.15) is 26.7 Å². The van der Waals surface area contributed by atoms with E-state index < -0.39 is 18.0 Å². The Morgan fingerprint density at radius 1 is 1.50 bits per heavy atom. The Hall–Kier alpha value is -1.14. The predicted octanol–water partition coefficient (Wildman–Crippen LogP) is -0.0196. The summed E-state index contributed by atoms with van der Waals surface area (Å²) in [5.74, 6) is -1.40. The molecule has 0 aromatic heterocycles. The molecule has 6 heteroatoms. The van der Waals surface area contributed by atoms with Crippen LogP contribution in [0.5, 0.6) is 0 Å². The summed E-state index contributed by atoms with van der Waals surface area (Å²) < 4.78 is 5.59. The molecule has 1 fully saturated rings. The summed E-state index contributed by atoms with van der Waals surface area (Å²) in [4.78, 5) is 22.5. The van der Waals surface area contributed by atoms with Gasteiger partial charge in [-0.15, -0.1) is 0 Å². The topological polar surface area (TPSA) is 87.7 Å². The van der Waals surface area contributed by atoms with Crippen molar-refractivity contribution in [3.63, 3.8) is 0 Å². The molecule has 1 aliphatic heterocycles. The number of rotatable bonds is 6. The normalized spacial score (nSPS) is 25.4. The fraction of sp³-hybridized carbons (Fsp3) is 0.833. The van der Waals surface area contributed by atoms with E-state index in [4.69, 9.17) is 9.84 Å². The first-order valence-corrected chi connectivity index (χ1v) is 6.41. The van der Waals surface area contributed by atoms with E-state index >= 15 is 0 Å². The summed E-state index contributed by atoms with van der Waals surface area (Å²) in [6.45, 7) is 5.36. The zero-order chi connectivity index (χ0) is 13.5. The van der Waals surface area contributed by atoms with Gasteiger partial charge in [0.2, 0.25) is 5.91 Å². The molecular weight excluding hydrogens is 236 g/mol. The minimum absolute atomic E-state index is 0.144. The third-order valence-corrected chi connectivity index (χ3v) is 2.97. The number of ether oxygens (including phenoxy) is 1. The molecule has 104 valence electrons. The highest BCUT2D eigenvalue weighted by Crippen LogP contribution is 2.15. The molecule has 1 heterocycles. The highest BCUT2D eigenvalue weighted by molar-refractivity contribution is 5.80. The second kappa shape index (κ2) is 7.33. The SMILES string of the molecule is CCCNC(=O)C(C)OC1CNCC(C(=O)O)C1. The van der Waals surface area contributed by atoms with Crippen LogP contribution in [0.3, 0.4) is 0 Å². The lowest BCUT2D eigenvalue weighted by molar-refractivity contribution is -0.146. The molecule has 0 aromatic rings. The van der Waals surface area contributed by atoms with Crippen molar-refractivity contribution in [1.29, 1.82) is 0 Å². The first-order valence-electron chi connectivity index (χ1n) is 6.41. The molecule has 1 amide bonds. The highest BCUT2D eigenvalue weighted by Gasteiger charge is 2.29. The van der Waals surface area contributed by atoms with Crippen LogP contribution in [0, 0.1) is 5.92 Å². The number of carbonyl (C=O) groups excluding carboxylic acids is 1. The highest BCUT2D eigenvalue weighted by atomic mass is 16.5. The standard InChI is InChI=1S/C12H22N2O4/c1-3-4-14-11(15)8(2)18-10-5-9(12(16)17)6-13-7-10/h8-10,13H,3-7H2,1-2H3,(H,14,15)(H,16,17). The predicted molar refractivity (Wildman–Crippen MR) is 66.2 cm³/mol. The Bertz CT molecular complexity index is 296. The Balaban J connectivity index is 2.36. The molecule has 18 heavy (non-hydrogen) atoms. The summed E-state index contributed by atoms with van der Waals surface area (Å²) in [5.41, 5.74) is 0. The summed E-state index contributed by atoms with van der Waals surface area (Å²) in [5, 5.41) is 14.7. The van der Waals surface area contributed by atoms with Gasteiger partial charge in [0.25, 0.3) is 0 Å². The number of hydrogen-bond acceptors (Lipinski definition) is 4. The lowest BCUT2D eigenvalue weighted by Crippen LogP contribution is -2.46. The molecule has 0 aliphatic carbocycles. The molecule has 6 nitrogen and oxygen atoms in total. The maximum atomic E-state index is 11.6. The van der Waals surface area contributed by atoms with E-state index in [9.17, 15) is 9.59 Å². The lowest BCUT2D eigenvalue weighted by atomic mass is 9.97. The van der Waals surface area contributed by atoms with Gasteiger partial charge in [0.15, 0.2) is 0 Å². The van der Waals surface area contributed by atoms with Gasteiger partial charge in [-0.2, -0.15) is 0 Å². The third kappa shape index (κ3) is 4.62. The average molecular weight is 258 g/mol. The van der Waals surface area contributed by atoms with Gasteiger partial charge in [0, 0.05) is 19.6 Å². The monoisotopic (exact) mass is 258 g/mol. The first kappa shape index (κ1) is 14.9. The molecule has 0 aromatic carbocycles. The van der Waals surface area contributed by atoms with Crippen LogP contribution in [0.15, 0.2) is 0 Å². The van der Waals surface area contributed by atoms with Crippen LogP contribution in [-0.4, -0.2) is 48.8 Å². The number of piperidine rings is 1. The van der Waals surface area contributed by atoms with E-state index in [1.54, 1.807) is 6.92 Å². The van der Waals surface area contributed by atoms with Gasteiger partial charge in [-0.05, 0) is 19.8 Å². The van der Waals surface area contributed by atoms with Crippen molar-refractivity contribution in [1.82, 2.24) is 10.6 Å². The van der Waals surface area contributed by atoms with Crippen LogP contribution in [0.2, 0.25) is 0 Å². The van der Waals surface area contributed by atoms with Gasteiger partial charge in [0.05, 0.1) is 12.0 Å². The van der Waals surface area contributed by atoms with Gasteiger partial charge >= 0.3 is 5.97 Å². The number of carbonyl (C=O) groups is 2. The van der Waals surface area contributed by atoms with Crippen LogP contribution < -0.4 is 10.6 Å². The van der Waals surface area contributed by atoms with E-state index in [2.05, 4.69) is 10.6 Å². The number of carboxylic acids is 1. The summed E-state index contributed by atoms with van der Waals surface area (Å²) in [7, 11) is 0. The molecule has 1 rings (SSSR count). The van der Waals surface area contributed by atoms with Gasteiger partial charge in [0.1, 0.15) is 6.10 Å². The maximum Gasteiger partial charge on any atom is 0.307 e. The summed E-state index contributed by atoms with van der Waals surface area (Å²) in [6, 6.07) is 0. The van der Waals surface area contributed by atoms with Crippen molar-refractivity contribution < 1.29 is 19.4 Å². The molecule has 3 N–H and O–H groups in total. The molecule has 3 atom stereocenters. The van der Waals surface area contributed by atoms with E-state index in [0.717, 1.165) is 6.42 Å². The molecule has 0 spiro atoms. The second-order valence-corrected chi connectivity index (χ2v) is 4.62. The van der Waals surface area contributed by atoms with Crippen molar-refractivity contribution in [3.8, 4) is 0 Å². The van der Waals surface area contributed by atoms with E-state index in [1.807, 2.05) is 6.92 Å². The second-order valence-electron chi connectivity index (χ2n) is 4.62. The van der Waals surface area contributed by atoms with Crippen LogP contribution in [0.4, 0.5) is 0 Å². The minimum atomic E-state index is -0.820. The van der Waals surface area contributed by atoms with Crippen molar-refractivity contribution in [2.24, 2.45) is 5.92 Å². The number of nitrogens with one attached hydrogen (secondary N) is 2. The van der Waals surface area contributed by atoms with Crippen LogP contribution >= 0.6 is 0 Å². The smallest absolute Gasteiger partial charge is 0.307 e. The largest absolute Gasteiger partial charge is 0.481 e. The van der Waals surface area contributed by atoms with Crippen molar-refractivity contribution in [3.05, 3.63) is 0 Å². The fourth-order valence-corrected chi connectivity index (χ4v) is 1.94. The molecule has 1 saturated heterocycles. The number of aliphatic carboxylic acids is 1. The fourth-order valence-electron chi connectivity index (χ4n) is 1.94. The lowest BCUT2D eigenvalue weighted by Gasteiger charge is -2.29. The maximum absolute atomic E-state index is 11.6. The summed E-state index contributed by atoms with van der Waals surface area (Å²) in [6.07, 6.45) is 0.566. The quantitative estimate of drug-likeness (QED) is 0.623. The number of hydrogen-bond donors (Lipinski definition) is 3. The van der Waals surface area contributed by atoms with E-state index in [0.29, 0.717) is 26.1 Å². The Kier molecular flexibility index (Phi) is 6.07. The van der Waals surface area contributed by atoms with Gasteiger partial charge in [-0.3, -0.25) is 9.59 Å². The molecule has 3 unspecified atom stereocenters. The zero-order valence-electron chi connectivity index (χ0n) is 10.9. The first-order chi connectivity index (χ1) is 8.54. The molecule has 1 aliphatic rings. The van der Waals surface area contributed by atoms with E-state index in [-0.39, 0.29) is 12.0 Å². The molecule has 0 bridgehead atoms. The average Bonchev–Trinajstić information content (AvgIpc) is 2.36. The van der Waals surface area contributed by atoms with Crippen molar-refractivity contribution in [2.45, 2.75) is 38.9 Å². The van der Waals surface area contributed by atoms with Crippen LogP contribution in [-0.2, 0) is 14.3 Å². The Morgan fingerprint density at radius 3 is 2.83 bits per heavy atom. The van der Waals surface area contributed by atoms with Gasteiger partial charge < -0.3 is 20.5 Å². The van der Waals surface area contributed by atoms with Gasteiger partial charge in [-0.25, -0.2) is 0 Å². The Morgan fingerprint density at radius 2 is 2.22 bits per heavy atom. The zero-order valence-corrected chi connectivity index (χ0v) is 10.9. The minimum Gasteiger partial charge on any atom is -0.481 e. The number of amides is 1. The number of carboxylic acid groups (broad SMARTS) is 1. The van der Waals surface area contributed by atoms with Crippen LogP contribution in [0.25, 0.3) is 0 Å². The molecule has 0 radical (unpaired) electrons. The molecular formula is C12H22N2O4. The van der Waals surface area contributed by atoms with Crippen molar-refractivity contribution in [2.75, 3.05) is 19.6 Å². The molecule has 0 saturated carbocycles. The summed E-state index contributed by atoms with van der Waals surface area (Å²) >= 11 is 0. The van der Waals surface area contributed by atoms with Crippen molar-refractivity contribution >= 4 is 11.9 Å². The Labute approximate surface area is 107 Å².